The third kappa shape index (κ3) is 5.42. The van der Waals surface area contributed by atoms with E-state index in [9.17, 15) is 14.7 Å². The van der Waals surface area contributed by atoms with Gasteiger partial charge in [-0.3, -0.25) is 9.69 Å². The molecule has 0 fully saturated rings. The zero-order valence-electron chi connectivity index (χ0n) is 11.7. The second kappa shape index (κ2) is 8.00. The summed E-state index contributed by atoms with van der Waals surface area (Å²) in [7, 11) is 3.46. The van der Waals surface area contributed by atoms with Crippen LogP contribution in [0.1, 0.15) is 20.8 Å². The van der Waals surface area contributed by atoms with E-state index in [1.807, 2.05) is 0 Å². The molecule has 0 aromatic carbocycles. The Morgan fingerprint density at radius 1 is 1.39 bits per heavy atom. The van der Waals surface area contributed by atoms with E-state index in [1.54, 1.807) is 38.9 Å². The first-order valence-corrected chi connectivity index (χ1v) is 5.95. The number of hydrogen-bond acceptors (Lipinski definition) is 5. The number of allylic oxidation sites excluding steroid dienone is 1. The molecule has 0 saturated carbocycles. The van der Waals surface area contributed by atoms with Gasteiger partial charge in [-0.1, -0.05) is 13.0 Å². The Morgan fingerprint density at radius 3 is 2.33 bits per heavy atom. The van der Waals surface area contributed by atoms with Crippen molar-refractivity contribution in [3.05, 3.63) is 12.2 Å². The van der Waals surface area contributed by atoms with Crippen LogP contribution in [0.3, 0.4) is 0 Å². The summed E-state index contributed by atoms with van der Waals surface area (Å²) in [6.45, 7) is 4.98. The van der Waals surface area contributed by atoms with Gasteiger partial charge in [-0.15, -0.1) is 0 Å². The molecule has 18 heavy (non-hydrogen) atoms. The molecular weight excluding hydrogens is 234 g/mol. The summed E-state index contributed by atoms with van der Waals surface area (Å²) in [5.41, 5.74) is 0. The molecule has 0 aliphatic carbocycles. The number of ketones is 1. The van der Waals surface area contributed by atoms with Crippen LogP contribution >= 0.6 is 0 Å². The van der Waals surface area contributed by atoms with Gasteiger partial charge < -0.3 is 9.84 Å². The van der Waals surface area contributed by atoms with E-state index >= 15 is 0 Å². The smallest absolute Gasteiger partial charge is 0.330 e. The van der Waals surface area contributed by atoms with Crippen LogP contribution in [0, 0.1) is 5.92 Å². The molecular formula is C13H23NO4. The van der Waals surface area contributed by atoms with Gasteiger partial charge in [-0.25, -0.2) is 4.79 Å². The molecule has 0 saturated heterocycles. The van der Waals surface area contributed by atoms with Gasteiger partial charge in [0.25, 0.3) is 0 Å². The molecule has 0 aromatic heterocycles. The van der Waals surface area contributed by atoms with Crippen molar-refractivity contribution in [3.63, 3.8) is 0 Å². The number of aliphatic hydroxyl groups is 1. The Labute approximate surface area is 108 Å². The minimum absolute atomic E-state index is 0.0853. The van der Waals surface area contributed by atoms with E-state index in [4.69, 9.17) is 4.74 Å². The van der Waals surface area contributed by atoms with Crippen molar-refractivity contribution in [2.45, 2.75) is 32.9 Å². The van der Waals surface area contributed by atoms with E-state index in [-0.39, 0.29) is 18.3 Å². The normalized spacial score (nSPS) is 16.6. The van der Waals surface area contributed by atoms with Crippen molar-refractivity contribution in [2.24, 2.45) is 5.92 Å². The van der Waals surface area contributed by atoms with Crippen LogP contribution in [-0.2, 0) is 14.3 Å². The molecule has 0 heterocycles. The van der Waals surface area contributed by atoms with Gasteiger partial charge in [0.1, 0.15) is 5.78 Å². The Bertz CT molecular complexity index is 312. The highest BCUT2D eigenvalue weighted by Crippen LogP contribution is 2.13. The molecule has 0 radical (unpaired) electrons. The molecule has 0 rings (SSSR count). The second-order valence-electron chi connectivity index (χ2n) is 4.62. The Hall–Kier alpha value is -1.20. The Kier molecular flexibility index (Phi) is 7.47. The Morgan fingerprint density at radius 2 is 1.94 bits per heavy atom. The number of Topliss-reactive ketones (excluding diaryl/α,β-unsaturated/α-hetero) is 1. The highest BCUT2D eigenvalue weighted by atomic mass is 16.5. The van der Waals surface area contributed by atoms with Crippen LogP contribution < -0.4 is 0 Å². The topological polar surface area (TPSA) is 66.8 Å². The summed E-state index contributed by atoms with van der Waals surface area (Å²) in [5.74, 6) is -0.865. The minimum Gasteiger partial charge on any atom is -0.462 e. The van der Waals surface area contributed by atoms with Crippen LogP contribution in [0.15, 0.2) is 12.2 Å². The zero-order chi connectivity index (χ0) is 14.3. The third-order valence-electron chi connectivity index (χ3n) is 2.67. The minimum atomic E-state index is -0.865. The van der Waals surface area contributed by atoms with Crippen LogP contribution in [0.4, 0.5) is 0 Å². The molecule has 0 unspecified atom stereocenters. The van der Waals surface area contributed by atoms with Crippen molar-refractivity contribution < 1.29 is 19.4 Å². The van der Waals surface area contributed by atoms with E-state index in [0.29, 0.717) is 0 Å². The summed E-state index contributed by atoms with van der Waals surface area (Å²) in [6, 6.07) is -0.583. The molecule has 0 spiro atoms. The maximum Gasteiger partial charge on any atom is 0.330 e. The summed E-state index contributed by atoms with van der Waals surface area (Å²) in [4.78, 5) is 24.3. The molecule has 1 N–H and O–H groups in total. The van der Waals surface area contributed by atoms with Gasteiger partial charge in [0.05, 0.1) is 18.8 Å². The highest BCUT2D eigenvalue weighted by molar-refractivity contribution is 5.82. The second-order valence-corrected chi connectivity index (χ2v) is 4.62. The number of carbonyl (C=O) groups excluding carboxylic acids is 2. The van der Waals surface area contributed by atoms with Crippen molar-refractivity contribution in [2.75, 3.05) is 20.7 Å². The van der Waals surface area contributed by atoms with Crippen molar-refractivity contribution in [3.8, 4) is 0 Å². The maximum absolute atomic E-state index is 11.5. The number of aliphatic hydroxyl groups excluding tert-OH is 1. The van der Waals surface area contributed by atoms with E-state index in [2.05, 4.69) is 0 Å². The van der Waals surface area contributed by atoms with Crippen LogP contribution in [0.5, 0.6) is 0 Å². The quantitative estimate of drug-likeness (QED) is 0.535. The first kappa shape index (κ1) is 16.8. The maximum atomic E-state index is 11.5. The highest BCUT2D eigenvalue weighted by Gasteiger charge is 2.30. The summed E-state index contributed by atoms with van der Waals surface area (Å²) in [5, 5.41) is 10.1. The average molecular weight is 257 g/mol. The fourth-order valence-corrected chi connectivity index (χ4v) is 1.72. The molecule has 0 bridgehead atoms. The molecule has 3 atom stereocenters. The molecule has 5 heteroatoms. The third-order valence-corrected chi connectivity index (χ3v) is 2.67. The lowest BCUT2D eigenvalue weighted by molar-refractivity contribution is -0.141. The fourth-order valence-electron chi connectivity index (χ4n) is 1.72. The standard InChI is InChI=1S/C13H23NO4/c1-6-7-11(16)18-8-9(2)13(17)12(10(3)15)14(4)5/h6-7,9,12-13,17H,8H2,1-5H3/b7-6+/t9-,12-,13-/m1/s1. The predicted molar refractivity (Wildman–Crippen MR) is 69.1 cm³/mol. The molecule has 0 aromatic rings. The summed E-state index contributed by atoms with van der Waals surface area (Å²) in [6.07, 6.45) is 2.03. The number of hydrogen-bond donors (Lipinski definition) is 1. The first-order valence-electron chi connectivity index (χ1n) is 5.95. The van der Waals surface area contributed by atoms with Gasteiger partial charge in [-0.2, -0.15) is 0 Å². The number of nitrogens with zero attached hydrogens (tertiary/aromatic N) is 1. The monoisotopic (exact) mass is 257 g/mol. The van der Waals surface area contributed by atoms with Gasteiger partial charge in [0.2, 0.25) is 0 Å². The first-order chi connectivity index (χ1) is 8.31. The lowest BCUT2D eigenvalue weighted by Crippen LogP contribution is -2.48. The molecule has 0 aliphatic rings. The Balaban J connectivity index is 4.44. The summed E-state index contributed by atoms with van der Waals surface area (Å²) >= 11 is 0. The molecule has 0 amide bonds. The lowest BCUT2D eigenvalue weighted by Gasteiger charge is -2.30. The van der Waals surface area contributed by atoms with E-state index < -0.39 is 18.1 Å². The van der Waals surface area contributed by atoms with Crippen molar-refractivity contribution >= 4 is 11.8 Å². The predicted octanol–water partition coefficient (Wildman–Crippen LogP) is 0.622. The SMILES string of the molecule is C/C=C/C(=O)OC[C@@H](C)[C@@H](O)[C@@H](C(C)=O)N(C)C. The summed E-state index contributed by atoms with van der Waals surface area (Å²) < 4.78 is 4.96. The van der Waals surface area contributed by atoms with Crippen LogP contribution in [0.2, 0.25) is 0 Å². The lowest BCUT2D eigenvalue weighted by atomic mass is 9.95. The fraction of sp³-hybridized carbons (Fsp3) is 0.692. The van der Waals surface area contributed by atoms with Crippen LogP contribution in [-0.4, -0.2) is 54.6 Å². The molecule has 5 nitrogen and oxygen atoms in total. The van der Waals surface area contributed by atoms with E-state index in [0.717, 1.165) is 0 Å². The molecule has 0 aliphatic heterocycles. The van der Waals surface area contributed by atoms with Gasteiger partial charge >= 0.3 is 5.97 Å². The zero-order valence-corrected chi connectivity index (χ0v) is 11.7. The number of rotatable bonds is 7. The number of ether oxygens (including phenoxy) is 1. The average Bonchev–Trinajstić information content (AvgIpc) is 2.25. The molecule has 104 valence electrons. The number of likely N-dealkylation sites (N-methyl/N-ethyl adjacent to an activating group) is 1. The van der Waals surface area contributed by atoms with Crippen molar-refractivity contribution in [1.29, 1.82) is 0 Å². The van der Waals surface area contributed by atoms with Crippen molar-refractivity contribution in [1.82, 2.24) is 4.90 Å². The largest absolute Gasteiger partial charge is 0.462 e. The number of carbonyl (C=O) groups is 2. The van der Waals surface area contributed by atoms with E-state index in [1.165, 1.54) is 13.0 Å². The number of esters is 1. The van der Waals surface area contributed by atoms with Gasteiger partial charge in [0.15, 0.2) is 0 Å². The van der Waals surface area contributed by atoms with Gasteiger partial charge in [-0.05, 0) is 27.9 Å². The van der Waals surface area contributed by atoms with Crippen LogP contribution in [0.25, 0.3) is 0 Å². The van der Waals surface area contributed by atoms with Gasteiger partial charge in [0, 0.05) is 12.0 Å².